The van der Waals surface area contributed by atoms with Crippen LogP contribution < -0.4 is 11.1 Å². The topological polar surface area (TPSA) is 115 Å². The SMILES string of the molecule is C=C[C@H]1CC[C@H](Cn2c(C3=CCCCC3)nc3nc(-c4noc(=O)[nH]4)nc(N[C@H](C)C4CCC4)c32)CC1. The minimum absolute atomic E-state index is 0.224. The van der Waals surface area contributed by atoms with E-state index in [4.69, 9.17) is 19.5 Å². The quantitative estimate of drug-likeness (QED) is 0.378. The number of rotatable bonds is 8. The molecule has 0 bridgehead atoms. The maximum absolute atomic E-state index is 11.7. The van der Waals surface area contributed by atoms with Gasteiger partial charge in [-0.3, -0.25) is 9.51 Å². The molecule has 37 heavy (non-hydrogen) atoms. The number of hydrogen-bond acceptors (Lipinski definition) is 7. The summed E-state index contributed by atoms with van der Waals surface area (Å²) < 4.78 is 7.14. The summed E-state index contributed by atoms with van der Waals surface area (Å²) in [6.07, 6.45) is 17.5. The summed E-state index contributed by atoms with van der Waals surface area (Å²) in [7, 11) is 0. The monoisotopic (exact) mass is 503 g/mol. The molecule has 9 nitrogen and oxygen atoms in total. The minimum atomic E-state index is -0.621. The molecule has 0 amide bonds. The van der Waals surface area contributed by atoms with Crippen molar-refractivity contribution < 1.29 is 4.52 Å². The van der Waals surface area contributed by atoms with Crippen LogP contribution in [0.25, 0.3) is 28.4 Å². The molecule has 0 aliphatic heterocycles. The van der Waals surface area contributed by atoms with Crippen LogP contribution in [-0.4, -0.2) is 35.7 Å². The Morgan fingerprint density at radius 3 is 2.65 bits per heavy atom. The number of nitrogens with one attached hydrogen (secondary N) is 2. The molecule has 6 rings (SSSR count). The average molecular weight is 504 g/mol. The van der Waals surface area contributed by atoms with E-state index in [1.54, 1.807) is 0 Å². The van der Waals surface area contributed by atoms with E-state index in [1.165, 1.54) is 63.4 Å². The first-order valence-electron chi connectivity index (χ1n) is 14.0. The molecule has 3 aliphatic carbocycles. The average Bonchev–Trinajstić information content (AvgIpc) is 3.48. The summed E-state index contributed by atoms with van der Waals surface area (Å²) in [4.78, 5) is 29.1. The van der Waals surface area contributed by atoms with Gasteiger partial charge in [0.05, 0.1) is 0 Å². The smallest absolute Gasteiger partial charge is 0.365 e. The minimum Gasteiger partial charge on any atom is -0.365 e. The van der Waals surface area contributed by atoms with Crippen LogP contribution in [-0.2, 0) is 6.54 Å². The van der Waals surface area contributed by atoms with E-state index in [0.29, 0.717) is 29.2 Å². The van der Waals surface area contributed by atoms with E-state index in [9.17, 15) is 4.79 Å². The third kappa shape index (κ3) is 4.88. The van der Waals surface area contributed by atoms with Crippen LogP contribution in [0.5, 0.6) is 0 Å². The molecule has 2 fully saturated rings. The first-order chi connectivity index (χ1) is 18.1. The second-order valence-corrected chi connectivity index (χ2v) is 11.2. The summed E-state index contributed by atoms with van der Waals surface area (Å²) in [6.45, 7) is 7.16. The van der Waals surface area contributed by atoms with E-state index < -0.39 is 5.76 Å². The Labute approximate surface area is 216 Å². The first kappa shape index (κ1) is 24.1. The third-order valence-electron chi connectivity index (χ3n) is 8.72. The highest BCUT2D eigenvalue weighted by molar-refractivity contribution is 5.88. The van der Waals surface area contributed by atoms with Crippen molar-refractivity contribution in [2.75, 3.05) is 5.32 Å². The van der Waals surface area contributed by atoms with Gasteiger partial charge in [-0.1, -0.05) is 23.7 Å². The zero-order chi connectivity index (χ0) is 25.4. The highest BCUT2D eigenvalue weighted by atomic mass is 16.5. The van der Waals surface area contributed by atoms with Crippen LogP contribution in [0.1, 0.15) is 83.4 Å². The zero-order valence-corrected chi connectivity index (χ0v) is 21.7. The number of H-pyrrole nitrogens is 1. The Kier molecular flexibility index (Phi) is 6.69. The highest BCUT2D eigenvalue weighted by Crippen LogP contribution is 2.37. The molecule has 3 aromatic rings. The van der Waals surface area contributed by atoms with Crippen LogP contribution in [0.4, 0.5) is 5.82 Å². The fourth-order valence-corrected chi connectivity index (χ4v) is 6.17. The third-order valence-corrected chi connectivity index (χ3v) is 8.72. The maximum Gasteiger partial charge on any atom is 0.439 e. The molecule has 3 heterocycles. The summed E-state index contributed by atoms with van der Waals surface area (Å²) in [5.41, 5.74) is 2.89. The molecule has 0 spiro atoms. The molecule has 3 aliphatic rings. The van der Waals surface area contributed by atoms with Crippen molar-refractivity contribution in [2.45, 2.75) is 90.1 Å². The van der Waals surface area contributed by atoms with E-state index in [0.717, 1.165) is 36.5 Å². The predicted molar refractivity (Wildman–Crippen MR) is 144 cm³/mol. The number of fused-ring (bicyclic) bond motifs is 1. The van der Waals surface area contributed by atoms with Gasteiger partial charge in [0.1, 0.15) is 11.3 Å². The van der Waals surface area contributed by atoms with Gasteiger partial charge in [-0.15, -0.1) is 6.58 Å². The Hall–Kier alpha value is -3.23. The molecule has 0 radical (unpaired) electrons. The largest absolute Gasteiger partial charge is 0.439 e. The van der Waals surface area contributed by atoms with Gasteiger partial charge in [0.15, 0.2) is 11.5 Å². The lowest BCUT2D eigenvalue weighted by molar-refractivity contribution is 0.282. The lowest BCUT2D eigenvalue weighted by atomic mass is 9.80. The number of nitrogens with zero attached hydrogens (tertiary/aromatic N) is 5. The number of imidazole rings is 1. The fourth-order valence-electron chi connectivity index (χ4n) is 6.17. The van der Waals surface area contributed by atoms with Gasteiger partial charge in [0.25, 0.3) is 0 Å². The Bertz CT molecular complexity index is 1350. The van der Waals surface area contributed by atoms with Crippen LogP contribution in [0.3, 0.4) is 0 Å². The number of aromatic amines is 1. The number of allylic oxidation sites excluding steroid dienone is 3. The van der Waals surface area contributed by atoms with Crippen molar-refractivity contribution >= 4 is 22.6 Å². The lowest BCUT2D eigenvalue weighted by Crippen LogP contribution is -2.31. The Morgan fingerprint density at radius 1 is 1.16 bits per heavy atom. The van der Waals surface area contributed by atoms with Gasteiger partial charge >= 0.3 is 5.76 Å². The molecule has 2 N–H and O–H groups in total. The molecule has 2 saturated carbocycles. The molecule has 1 atom stereocenters. The van der Waals surface area contributed by atoms with Crippen molar-refractivity contribution in [3.63, 3.8) is 0 Å². The second-order valence-electron chi connectivity index (χ2n) is 11.2. The Morgan fingerprint density at radius 2 is 2.00 bits per heavy atom. The van der Waals surface area contributed by atoms with Gasteiger partial charge in [-0.25, -0.2) is 19.7 Å². The van der Waals surface area contributed by atoms with Gasteiger partial charge in [-0.05, 0) is 94.5 Å². The van der Waals surface area contributed by atoms with E-state index in [2.05, 4.69) is 45.7 Å². The number of aromatic nitrogens is 6. The van der Waals surface area contributed by atoms with Crippen LogP contribution in [0.2, 0.25) is 0 Å². The molecule has 0 aromatic carbocycles. The van der Waals surface area contributed by atoms with Gasteiger partial charge in [0, 0.05) is 12.6 Å². The summed E-state index contributed by atoms with van der Waals surface area (Å²) in [5, 5.41) is 7.57. The molecular weight excluding hydrogens is 466 g/mol. The number of hydrogen-bond donors (Lipinski definition) is 2. The summed E-state index contributed by atoms with van der Waals surface area (Å²) in [6, 6.07) is 0.278. The second kappa shape index (κ2) is 10.3. The van der Waals surface area contributed by atoms with Crippen molar-refractivity contribution in [3.8, 4) is 11.6 Å². The van der Waals surface area contributed by atoms with Gasteiger partial charge in [0.2, 0.25) is 11.6 Å². The van der Waals surface area contributed by atoms with E-state index in [-0.39, 0.29) is 11.9 Å². The normalized spacial score (nSPS) is 23.4. The lowest BCUT2D eigenvalue weighted by Gasteiger charge is -2.32. The van der Waals surface area contributed by atoms with Crippen LogP contribution in [0.15, 0.2) is 28.0 Å². The van der Waals surface area contributed by atoms with E-state index >= 15 is 0 Å². The standard InChI is InChI=1S/C28H37N7O2/c1-3-18-12-14-19(15-13-18)16-35-22-23(29-17(2)20-10-7-11-20)30-25(26-33-28(36)37-34-26)31-24(22)32-27(35)21-8-5-4-6-9-21/h3,8,17-20H,1,4-7,9-16H2,2H3,(H,29,30,31)(H,33,34,36)/t17-,18-,19-/m1/s1. The zero-order valence-electron chi connectivity index (χ0n) is 21.7. The number of anilines is 1. The molecule has 0 unspecified atom stereocenters. The van der Waals surface area contributed by atoms with Gasteiger partial charge < -0.3 is 9.88 Å². The maximum atomic E-state index is 11.7. The molecule has 3 aromatic heterocycles. The van der Waals surface area contributed by atoms with Crippen molar-refractivity contribution in [3.05, 3.63) is 35.1 Å². The van der Waals surface area contributed by atoms with Crippen molar-refractivity contribution in [2.24, 2.45) is 17.8 Å². The van der Waals surface area contributed by atoms with Crippen molar-refractivity contribution in [1.82, 2.24) is 29.7 Å². The summed E-state index contributed by atoms with van der Waals surface area (Å²) >= 11 is 0. The molecular formula is C28H37N7O2. The first-order valence-corrected chi connectivity index (χ1v) is 14.0. The highest BCUT2D eigenvalue weighted by Gasteiger charge is 2.29. The molecule has 196 valence electrons. The van der Waals surface area contributed by atoms with Gasteiger partial charge in [-0.2, -0.15) is 0 Å². The summed E-state index contributed by atoms with van der Waals surface area (Å²) in [5.74, 6) is 3.55. The fraction of sp³-hybridized carbons (Fsp3) is 0.607. The van der Waals surface area contributed by atoms with E-state index in [1.807, 2.05) is 0 Å². The van der Waals surface area contributed by atoms with Crippen LogP contribution in [0, 0.1) is 17.8 Å². The van der Waals surface area contributed by atoms with Crippen LogP contribution >= 0.6 is 0 Å². The molecule has 0 saturated heterocycles. The predicted octanol–water partition coefficient (Wildman–Crippen LogP) is 5.72. The van der Waals surface area contributed by atoms with Crippen molar-refractivity contribution in [1.29, 1.82) is 0 Å². The Balaban J connectivity index is 1.46. The molecule has 9 heteroatoms.